The third-order valence-electron chi connectivity index (χ3n) is 4.38. The highest BCUT2D eigenvalue weighted by atomic mass is 32.2. The van der Waals surface area contributed by atoms with E-state index in [2.05, 4.69) is 0 Å². The van der Waals surface area contributed by atoms with E-state index in [1.165, 1.54) is 12.1 Å². The normalized spacial score (nSPS) is 17.9. The Morgan fingerprint density at radius 3 is 2.68 bits per heavy atom. The standard InChI is InChI=1S/C18H18FNO4S/c1-12-6-7-14(16(19)10-12)11-25(23,24)20-9-8-13-4-2-3-5-15(13)17(20)18(21)22/h2-7,10,17H,8-9,11H2,1H3,(H,21,22). The van der Waals surface area contributed by atoms with Gasteiger partial charge in [-0.25, -0.2) is 12.8 Å². The molecule has 7 heteroatoms. The Morgan fingerprint density at radius 2 is 2.00 bits per heavy atom. The van der Waals surface area contributed by atoms with Crippen molar-refractivity contribution in [1.82, 2.24) is 4.31 Å². The maximum absolute atomic E-state index is 14.0. The Bertz CT molecular complexity index is 926. The zero-order valence-electron chi connectivity index (χ0n) is 13.6. The van der Waals surface area contributed by atoms with Gasteiger partial charge in [0.2, 0.25) is 10.0 Å². The number of carbonyl (C=O) groups is 1. The molecule has 0 aromatic heterocycles. The molecule has 0 saturated carbocycles. The molecule has 1 N–H and O–H groups in total. The van der Waals surface area contributed by atoms with E-state index in [-0.39, 0.29) is 12.1 Å². The number of benzene rings is 2. The van der Waals surface area contributed by atoms with Crippen molar-refractivity contribution in [3.63, 3.8) is 0 Å². The first-order valence-corrected chi connectivity index (χ1v) is 9.45. The largest absolute Gasteiger partial charge is 0.480 e. The van der Waals surface area contributed by atoms with Crippen LogP contribution >= 0.6 is 0 Å². The van der Waals surface area contributed by atoms with E-state index in [0.717, 1.165) is 9.87 Å². The number of hydrogen-bond acceptors (Lipinski definition) is 3. The minimum Gasteiger partial charge on any atom is -0.480 e. The molecule has 0 saturated heterocycles. The van der Waals surface area contributed by atoms with Gasteiger partial charge in [0, 0.05) is 12.1 Å². The van der Waals surface area contributed by atoms with Gasteiger partial charge in [-0.05, 0) is 36.1 Å². The van der Waals surface area contributed by atoms with E-state index in [4.69, 9.17) is 0 Å². The van der Waals surface area contributed by atoms with Gasteiger partial charge in [-0.15, -0.1) is 0 Å². The SMILES string of the molecule is Cc1ccc(CS(=O)(=O)N2CCc3ccccc3C2C(=O)O)c(F)c1. The molecule has 25 heavy (non-hydrogen) atoms. The average molecular weight is 363 g/mol. The summed E-state index contributed by atoms with van der Waals surface area (Å²) in [6.07, 6.45) is 0.426. The molecule has 2 aromatic carbocycles. The number of fused-ring (bicyclic) bond motifs is 1. The lowest BCUT2D eigenvalue weighted by Gasteiger charge is -2.33. The monoisotopic (exact) mass is 363 g/mol. The molecule has 2 aromatic rings. The lowest BCUT2D eigenvalue weighted by atomic mass is 9.94. The van der Waals surface area contributed by atoms with Gasteiger partial charge in [0.25, 0.3) is 0 Å². The predicted octanol–water partition coefficient (Wildman–Crippen LogP) is 2.65. The molecule has 0 aliphatic carbocycles. The number of halogens is 1. The van der Waals surface area contributed by atoms with Gasteiger partial charge in [0.15, 0.2) is 0 Å². The summed E-state index contributed by atoms with van der Waals surface area (Å²) in [5.74, 6) is -2.40. The van der Waals surface area contributed by atoms with Crippen LogP contribution in [0.3, 0.4) is 0 Å². The lowest BCUT2D eigenvalue weighted by Crippen LogP contribution is -2.44. The van der Waals surface area contributed by atoms with Crippen LogP contribution in [0.1, 0.15) is 28.3 Å². The van der Waals surface area contributed by atoms with Crippen LogP contribution in [-0.2, 0) is 27.0 Å². The second kappa shape index (κ2) is 6.57. The maximum Gasteiger partial charge on any atom is 0.326 e. The zero-order chi connectivity index (χ0) is 18.2. The Kier molecular flexibility index (Phi) is 4.62. The number of carboxylic acids is 1. The number of nitrogens with zero attached hydrogens (tertiary/aromatic N) is 1. The first-order chi connectivity index (χ1) is 11.8. The highest BCUT2D eigenvalue weighted by Gasteiger charge is 2.39. The molecule has 1 unspecified atom stereocenters. The van der Waals surface area contributed by atoms with E-state index in [9.17, 15) is 22.7 Å². The molecular weight excluding hydrogens is 345 g/mol. The smallest absolute Gasteiger partial charge is 0.326 e. The summed E-state index contributed by atoms with van der Waals surface area (Å²) in [5, 5.41) is 9.60. The van der Waals surface area contributed by atoms with Crippen molar-refractivity contribution in [2.75, 3.05) is 6.54 Å². The molecule has 5 nitrogen and oxygen atoms in total. The topological polar surface area (TPSA) is 74.7 Å². The van der Waals surface area contributed by atoms with Crippen LogP contribution in [0.4, 0.5) is 4.39 Å². The minimum absolute atomic E-state index is 0.0357. The van der Waals surface area contributed by atoms with E-state index >= 15 is 0 Å². The van der Waals surface area contributed by atoms with Gasteiger partial charge in [-0.2, -0.15) is 4.31 Å². The van der Waals surface area contributed by atoms with Crippen molar-refractivity contribution >= 4 is 16.0 Å². The van der Waals surface area contributed by atoms with Crippen molar-refractivity contribution in [3.8, 4) is 0 Å². The molecule has 0 radical (unpaired) electrons. The number of aryl methyl sites for hydroxylation is 1. The van der Waals surface area contributed by atoms with Gasteiger partial charge >= 0.3 is 5.97 Å². The summed E-state index contributed by atoms with van der Waals surface area (Å²) in [6.45, 7) is 1.77. The highest BCUT2D eigenvalue weighted by Crippen LogP contribution is 2.33. The highest BCUT2D eigenvalue weighted by molar-refractivity contribution is 7.88. The van der Waals surface area contributed by atoms with E-state index < -0.39 is 33.6 Å². The van der Waals surface area contributed by atoms with E-state index in [1.54, 1.807) is 37.3 Å². The van der Waals surface area contributed by atoms with Crippen LogP contribution in [0, 0.1) is 12.7 Å². The quantitative estimate of drug-likeness (QED) is 0.906. The van der Waals surface area contributed by atoms with Gasteiger partial charge in [0.1, 0.15) is 11.9 Å². The molecule has 1 aliphatic rings. The summed E-state index contributed by atoms with van der Waals surface area (Å²) >= 11 is 0. The fourth-order valence-corrected chi connectivity index (χ4v) is 4.84. The van der Waals surface area contributed by atoms with Crippen LogP contribution in [-0.4, -0.2) is 30.3 Å². The predicted molar refractivity (Wildman–Crippen MR) is 91.0 cm³/mol. The summed E-state index contributed by atoms with van der Waals surface area (Å²) in [6, 6.07) is 9.95. The molecule has 132 valence electrons. The van der Waals surface area contributed by atoms with Crippen LogP contribution < -0.4 is 0 Å². The molecule has 1 aliphatic heterocycles. The van der Waals surface area contributed by atoms with E-state index in [0.29, 0.717) is 17.5 Å². The van der Waals surface area contributed by atoms with Gasteiger partial charge in [-0.1, -0.05) is 36.4 Å². The molecule has 0 amide bonds. The Balaban J connectivity index is 1.97. The van der Waals surface area contributed by atoms with Crippen molar-refractivity contribution < 1.29 is 22.7 Å². The molecular formula is C18H18FNO4S. The van der Waals surface area contributed by atoms with Gasteiger partial charge in [0.05, 0.1) is 5.75 Å². The maximum atomic E-state index is 14.0. The third kappa shape index (κ3) is 3.43. The Morgan fingerprint density at radius 1 is 1.28 bits per heavy atom. The number of aliphatic carboxylic acids is 1. The summed E-state index contributed by atoms with van der Waals surface area (Å²) < 4.78 is 40.6. The third-order valence-corrected chi connectivity index (χ3v) is 6.16. The van der Waals surface area contributed by atoms with Crippen molar-refractivity contribution in [3.05, 3.63) is 70.5 Å². The number of sulfonamides is 1. The first-order valence-electron chi connectivity index (χ1n) is 7.85. The van der Waals surface area contributed by atoms with Crippen molar-refractivity contribution in [1.29, 1.82) is 0 Å². The molecule has 0 fully saturated rings. The molecule has 1 atom stereocenters. The van der Waals surface area contributed by atoms with Crippen molar-refractivity contribution in [2.24, 2.45) is 0 Å². The van der Waals surface area contributed by atoms with Crippen LogP contribution in [0.25, 0.3) is 0 Å². The van der Waals surface area contributed by atoms with Crippen molar-refractivity contribution in [2.45, 2.75) is 25.1 Å². The fraction of sp³-hybridized carbons (Fsp3) is 0.278. The average Bonchev–Trinajstić information content (AvgIpc) is 2.56. The Labute approximate surface area is 145 Å². The van der Waals surface area contributed by atoms with Gasteiger partial charge in [-0.3, -0.25) is 4.79 Å². The van der Waals surface area contributed by atoms with Crippen LogP contribution in [0.5, 0.6) is 0 Å². The minimum atomic E-state index is -4.00. The summed E-state index contributed by atoms with van der Waals surface area (Å²) in [4.78, 5) is 11.8. The fourth-order valence-electron chi connectivity index (χ4n) is 3.15. The molecule has 3 rings (SSSR count). The molecule has 0 spiro atoms. The lowest BCUT2D eigenvalue weighted by molar-refractivity contribution is -0.142. The number of carboxylic acid groups (broad SMARTS) is 1. The van der Waals surface area contributed by atoms with Crippen LogP contribution in [0.2, 0.25) is 0 Å². The second-order valence-electron chi connectivity index (χ2n) is 6.15. The summed E-state index contributed by atoms with van der Waals surface area (Å²) in [5.41, 5.74) is 2.01. The Hall–Kier alpha value is -2.25. The molecule has 1 heterocycles. The molecule has 0 bridgehead atoms. The number of rotatable bonds is 4. The number of hydrogen-bond donors (Lipinski definition) is 1. The first kappa shape index (κ1) is 17.6. The van der Waals surface area contributed by atoms with E-state index in [1.807, 2.05) is 0 Å². The van der Waals surface area contributed by atoms with Crippen LogP contribution in [0.15, 0.2) is 42.5 Å². The summed E-state index contributed by atoms with van der Waals surface area (Å²) in [7, 11) is -4.00. The second-order valence-corrected chi connectivity index (χ2v) is 8.07. The zero-order valence-corrected chi connectivity index (χ0v) is 14.5. The van der Waals surface area contributed by atoms with Gasteiger partial charge < -0.3 is 5.11 Å².